The van der Waals surface area contributed by atoms with Gasteiger partial charge in [0, 0.05) is 35.9 Å². The molecule has 0 aliphatic carbocycles. The van der Waals surface area contributed by atoms with Crippen molar-refractivity contribution in [3.63, 3.8) is 0 Å². The highest BCUT2D eigenvalue weighted by atomic mass is 35.5. The molecule has 0 aliphatic heterocycles. The summed E-state index contributed by atoms with van der Waals surface area (Å²) in [5, 5.41) is 3.20. The van der Waals surface area contributed by atoms with Gasteiger partial charge in [-0.05, 0) is 31.9 Å². The number of carbonyl (C=O) groups is 1. The van der Waals surface area contributed by atoms with E-state index in [1.54, 1.807) is 24.5 Å². The molecular weight excluding hydrogens is 390 g/mol. The van der Waals surface area contributed by atoms with E-state index in [9.17, 15) is 4.79 Å². The monoisotopic (exact) mass is 409 g/mol. The van der Waals surface area contributed by atoms with Crippen LogP contribution in [0.4, 0.5) is 5.69 Å². The molecule has 4 aromatic heterocycles. The Morgan fingerprint density at radius 2 is 2.14 bits per heavy atom. The zero-order chi connectivity index (χ0) is 20.4. The van der Waals surface area contributed by atoms with Crippen molar-refractivity contribution in [1.82, 2.24) is 19.4 Å². The van der Waals surface area contributed by atoms with Gasteiger partial charge in [0.1, 0.15) is 11.9 Å². The molecule has 0 fully saturated rings. The lowest BCUT2D eigenvalue weighted by atomic mass is 10.2. The molecule has 148 valence electrons. The highest BCUT2D eigenvalue weighted by molar-refractivity contribution is 6.34. The number of rotatable bonds is 6. The second-order valence-electron chi connectivity index (χ2n) is 6.81. The van der Waals surface area contributed by atoms with Gasteiger partial charge in [-0.1, -0.05) is 24.9 Å². The van der Waals surface area contributed by atoms with E-state index in [0.29, 0.717) is 16.6 Å². The number of nitrogens with zero attached hydrogens (tertiary/aromatic N) is 4. The molecule has 1 amide bonds. The Hall–Kier alpha value is -3.19. The Morgan fingerprint density at radius 3 is 2.93 bits per heavy atom. The van der Waals surface area contributed by atoms with Crippen LogP contribution in [-0.4, -0.2) is 25.3 Å². The van der Waals surface area contributed by atoms with Gasteiger partial charge in [0.25, 0.3) is 5.91 Å². The van der Waals surface area contributed by atoms with Crippen molar-refractivity contribution in [2.45, 2.75) is 33.1 Å². The molecule has 0 bridgehead atoms. The van der Waals surface area contributed by atoms with E-state index in [4.69, 9.17) is 16.0 Å². The Bertz CT molecular complexity index is 1180. The molecule has 8 heteroatoms. The molecule has 0 saturated carbocycles. The summed E-state index contributed by atoms with van der Waals surface area (Å²) < 4.78 is 7.32. The zero-order valence-corrected chi connectivity index (χ0v) is 16.9. The summed E-state index contributed by atoms with van der Waals surface area (Å²) in [4.78, 5) is 25.6. The van der Waals surface area contributed by atoms with Gasteiger partial charge in [-0.25, -0.2) is 9.97 Å². The summed E-state index contributed by atoms with van der Waals surface area (Å²) in [6.07, 6.45) is 9.80. The van der Waals surface area contributed by atoms with Crippen molar-refractivity contribution in [2.75, 3.05) is 5.32 Å². The quantitative estimate of drug-likeness (QED) is 0.487. The minimum Gasteiger partial charge on any atom is -0.444 e. The SMILES string of the molecule is CCCCc1cn2cc(NC(=O)c3coc(-c4ccnc(C)c4)n3)c(Cl)cc2n1. The van der Waals surface area contributed by atoms with Gasteiger partial charge >= 0.3 is 0 Å². The van der Waals surface area contributed by atoms with Gasteiger partial charge in [0.15, 0.2) is 5.69 Å². The van der Waals surface area contributed by atoms with Crippen LogP contribution in [0.2, 0.25) is 5.02 Å². The number of unbranched alkanes of at least 4 members (excludes halogenated alkanes) is 1. The Balaban J connectivity index is 1.55. The van der Waals surface area contributed by atoms with Crippen LogP contribution in [0.25, 0.3) is 17.1 Å². The van der Waals surface area contributed by atoms with Crippen molar-refractivity contribution < 1.29 is 9.21 Å². The van der Waals surface area contributed by atoms with Gasteiger partial charge in [-0.2, -0.15) is 0 Å². The average molecular weight is 410 g/mol. The highest BCUT2D eigenvalue weighted by Gasteiger charge is 2.16. The van der Waals surface area contributed by atoms with Crippen LogP contribution < -0.4 is 5.32 Å². The molecular formula is C21H20ClN5O2. The van der Waals surface area contributed by atoms with E-state index >= 15 is 0 Å². The Labute approximate surface area is 172 Å². The number of pyridine rings is 2. The number of carbonyl (C=O) groups excluding carboxylic acids is 1. The maximum atomic E-state index is 12.6. The van der Waals surface area contributed by atoms with E-state index in [0.717, 1.165) is 41.9 Å². The number of imidazole rings is 1. The van der Waals surface area contributed by atoms with Crippen LogP contribution in [0.15, 0.2) is 47.5 Å². The number of hydrogen-bond donors (Lipinski definition) is 1. The predicted molar refractivity (Wildman–Crippen MR) is 111 cm³/mol. The number of nitrogens with one attached hydrogen (secondary N) is 1. The molecule has 1 N–H and O–H groups in total. The first-order valence-corrected chi connectivity index (χ1v) is 9.78. The van der Waals surface area contributed by atoms with Crippen molar-refractivity contribution in [3.8, 4) is 11.5 Å². The van der Waals surface area contributed by atoms with Crippen LogP contribution in [0.1, 0.15) is 41.6 Å². The summed E-state index contributed by atoms with van der Waals surface area (Å²) in [5.41, 5.74) is 3.99. The van der Waals surface area contributed by atoms with E-state index in [-0.39, 0.29) is 5.69 Å². The Kier molecular flexibility index (Phi) is 5.31. The molecule has 4 aromatic rings. The van der Waals surface area contributed by atoms with Crippen LogP contribution in [0.3, 0.4) is 0 Å². The van der Waals surface area contributed by atoms with Gasteiger partial charge in [-0.3, -0.25) is 9.78 Å². The van der Waals surface area contributed by atoms with Crippen LogP contribution in [0, 0.1) is 6.92 Å². The van der Waals surface area contributed by atoms with Gasteiger partial charge < -0.3 is 14.1 Å². The lowest BCUT2D eigenvalue weighted by molar-refractivity contribution is 0.102. The summed E-state index contributed by atoms with van der Waals surface area (Å²) in [7, 11) is 0. The van der Waals surface area contributed by atoms with Crippen molar-refractivity contribution in [3.05, 3.63) is 65.2 Å². The fraction of sp³-hybridized carbons (Fsp3) is 0.238. The summed E-state index contributed by atoms with van der Waals surface area (Å²) in [5.74, 6) is -0.0456. The summed E-state index contributed by atoms with van der Waals surface area (Å²) in [6, 6.07) is 5.36. The molecule has 7 nitrogen and oxygen atoms in total. The van der Waals surface area contributed by atoms with Gasteiger partial charge in [0.05, 0.1) is 16.4 Å². The van der Waals surface area contributed by atoms with Crippen molar-refractivity contribution >= 4 is 28.8 Å². The van der Waals surface area contributed by atoms with E-state index in [1.807, 2.05) is 23.6 Å². The lowest BCUT2D eigenvalue weighted by Crippen LogP contribution is -2.13. The first kappa shape index (κ1) is 19.1. The average Bonchev–Trinajstić information content (AvgIpc) is 3.33. The zero-order valence-electron chi connectivity index (χ0n) is 16.1. The molecule has 29 heavy (non-hydrogen) atoms. The standard InChI is InChI=1S/C21H20ClN5O2/c1-3-4-5-15-10-27-11-17(16(22)9-19(27)24-15)25-20(28)18-12-29-21(26-18)14-6-7-23-13(2)8-14/h6-12H,3-5H2,1-2H3,(H,25,28). The normalized spacial score (nSPS) is 11.1. The third-order valence-electron chi connectivity index (χ3n) is 4.51. The number of amides is 1. The van der Waals surface area contributed by atoms with Crippen LogP contribution in [-0.2, 0) is 6.42 Å². The lowest BCUT2D eigenvalue weighted by Gasteiger charge is -2.06. The van der Waals surface area contributed by atoms with Crippen LogP contribution in [0.5, 0.6) is 0 Å². The number of fused-ring (bicyclic) bond motifs is 1. The maximum Gasteiger partial charge on any atom is 0.277 e. The third kappa shape index (κ3) is 4.14. The molecule has 4 rings (SSSR count). The summed E-state index contributed by atoms with van der Waals surface area (Å²) in [6.45, 7) is 4.02. The number of aromatic nitrogens is 4. The second-order valence-corrected chi connectivity index (χ2v) is 7.22. The molecule has 0 spiro atoms. The van der Waals surface area contributed by atoms with Crippen LogP contribution >= 0.6 is 11.6 Å². The van der Waals surface area contributed by atoms with E-state index in [1.165, 1.54) is 6.26 Å². The number of aryl methyl sites for hydroxylation is 2. The fourth-order valence-electron chi connectivity index (χ4n) is 3.01. The molecule has 4 heterocycles. The minimum absolute atomic E-state index is 0.167. The number of hydrogen-bond acceptors (Lipinski definition) is 5. The largest absolute Gasteiger partial charge is 0.444 e. The van der Waals surface area contributed by atoms with Gasteiger partial charge in [0.2, 0.25) is 5.89 Å². The first-order valence-electron chi connectivity index (χ1n) is 9.40. The Morgan fingerprint density at radius 1 is 1.28 bits per heavy atom. The smallest absolute Gasteiger partial charge is 0.277 e. The maximum absolute atomic E-state index is 12.6. The number of halogens is 1. The molecule has 0 aromatic carbocycles. The van der Waals surface area contributed by atoms with Crippen molar-refractivity contribution in [1.29, 1.82) is 0 Å². The molecule has 0 unspecified atom stereocenters. The fourth-order valence-corrected chi connectivity index (χ4v) is 3.20. The topological polar surface area (TPSA) is 85.3 Å². The highest BCUT2D eigenvalue weighted by Crippen LogP contribution is 2.25. The molecule has 0 atom stereocenters. The van der Waals surface area contributed by atoms with Gasteiger partial charge in [-0.15, -0.1) is 0 Å². The van der Waals surface area contributed by atoms with E-state index in [2.05, 4.69) is 27.2 Å². The van der Waals surface area contributed by atoms with E-state index < -0.39 is 5.91 Å². The summed E-state index contributed by atoms with van der Waals surface area (Å²) >= 11 is 6.35. The van der Waals surface area contributed by atoms with Crippen molar-refractivity contribution in [2.24, 2.45) is 0 Å². The third-order valence-corrected chi connectivity index (χ3v) is 4.82. The second kappa shape index (κ2) is 8.05. The first-order chi connectivity index (χ1) is 14.0. The number of oxazole rings is 1. The predicted octanol–water partition coefficient (Wildman–Crippen LogP) is 4.94. The molecule has 0 saturated heterocycles. The molecule has 0 radical (unpaired) electrons. The minimum atomic E-state index is -0.404. The number of anilines is 1. The molecule has 0 aliphatic rings.